The molecular formula is C13H18N2O2. The van der Waals surface area contributed by atoms with Crippen LogP contribution in [0.25, 0.3) is 0 Å². The molecule has 0 radical (unpaired) electrons. The zero-order valence-electron chi connectivity index (χ0n) is 10.2. The van der Waals surface area contributed by atoms with Crippen molar-refractivity contribution in [1.82, 2.24) is 4.90 Å². The van der Waals surface area contributed by atoms with Crippen molar-refractivity contribution < 1.29 is 9.53 Å². The average molecular weight is 234 g/mol. The predicted octanol–water partition coefficient (Wildman–Crippen LogP) is 1.32. The molecule has 0 saturated carbocycles. The molecule has 0 aromatic heterocycles. The van der Waals surface area contributed by atoms with E-state index in [9.17, 15) is 4.79 Å². The number of rotatable bonds is 3. The largest absolute Gasteiger partial charge is 0.443 e. The molecule has 0 aliphatic carbocycles. The molecule has 1 amide bonds. The first-order valence-electron chi connectivity index (χ1n) is 5.81. The number of carbonyl (C=O) groups is 1. The number of nitrogens with zero attached hydrogens (tertiary/aromatic N) is 1. The van der Waals surface area contributed by atoms with Crippen LogP contribution in [-0.2, 0) is 11.2 Å². The summed E-state index contributed by atoms with van der Waals surface area (Å²) in [6.07, 6.45) is 0.303. The van der Waals surface area contributed by atoms with Crippen LogP contribution in [0.4, 0.5) is 4.79 Å². The maximum Gasteiger partial charge on any atom is 0.410 e. The molecule has 0 bridgehead atoms. The lowest BCUT2D eigenvalue weighted by atomic mass is 10.0. The number of benzene rings is 1. The lowest BCUT2D eigenvalue weighted by molar-refractivity contribution is 0.130. The molecule has 2 rings (SSSR count). The third-order valence-electron chi connectivity index (χ3n) is 3.23. The summed E-state index contributed by atoms with van der Waals surface area (Å²) in [5.74, 6) is 0. The van der Waals surface area contributed by atoms with Crippen LogP contribution in [0.2, 0.25) is 0 Å². The van der Waals surface area contributed by atoms with Crippen LogP contribution in [0.15, 0.2) is 24.3 Å². The zero-order chi connectivity index (χ0) is 12.4. The maximum absolute atomic E-state index is 11.5. The van der Waals surface area contributed by atoms with Crippen LogP contribution in [-0.4, -0.2) is 36.7 Å². The van der Waals surface area contributed by atoms with Crippen LogP contribution in [0.1, 0.15) is 11.1 Å². The second kappa shape index (κ2) is 4.75. The fraction of sp³-hybridized carbons (Fsp3) is 0.462. The summed E-state index contributed by atoms with van der Waals surface area (Å²) < 4.78 is 5.33. The van der Waals surface area contributed by atoms with Crippen LogP contribution < -0.4 is 5.73 Å². The Morgan fingerprint density at radius 1 is 1.47 bits per heavy atom. The van der Waals surface area contributed by atoms with Gasteiger partial charge in [0.25, 0.3) is 0 Å². The normalized spacial score (nSPS) is 23.9. The number of cyclic esters (lactones) is 1. The summed E-state index contributed by atoms with van der Waals surface area (Å²) >= 11 is 0. The van der Waals surface area contributed by atoms with Gasteiger partial charge in [0.1, 0.15) is 6.10 Å². The van der Waals surface area contributed by atoms with Gasteiger partial charge in [-0.1, -0.05) is 29.8 Å². The number of hydrogen-bond acceptors (Lipinski definition) is 3. The predicted molar refractivity (Wildman–Crippen MR) is 65.8 cm³/mol. The van der Waals surface area contributed by atoms with Gasteiger partial charge in [0.15, 0.2) is 0 Å². The molecule has 17 heavy (non-hydrogen) atoms. The minimum absolute atomic E-state index is 0.0250. The van der Waals surface area contributed by atoms with Gasteiger partial charge < -0.3 is 15.4 Å². The highest BCUT2D eigenvalue weighted by atomic mass is 16.6. The number of likely N-dealkylation sites (N-methyl/N-ethyl adjacent to an activating group) is 1. The highest BCUT2D eigenvalue weighted by molar-refractivity contribution is 5.70. The van der Waals surface area contributed by atoms with Crippen LogP contribution >= 0.6 is 0 Å². The lowest BCUT2D eigenvalue weighted by Gasteiger charge is -2.19. The Morgan fingerprint density at radius 2 is 2.24 bits per heavy atom. The van der Waals surface area contributed by atoms with Crippen molar-refractivity contribution in [2.24, 2.45) is 5.73 Å². The molecule has 4 heteroatoms. The molecular weight excluding hydrogens is 216 g/mol. The molecule has 92 valence electrons. The van der Waals surface area contributed by atoms with E-state index in [4.69, 9.17) is 10.5 Å². The highest BCUT2D eigenvalue weighted by Crippen LogP contribution is 2.21. The van der Waals surface area contributed by atoms with Crippen LogP contribution in [0.3, 0.4) is 0 Å². The average Bonchev–Trinajstić information content (AvgIpc) is 2.54. The Kier molecular flexibility index (Phi) is 3.33. The summed E-state index contributed by atoms with van der Waals surface area (Å²) in [5, 5.41) is 0. The number of nitrogens with two attached hydrogens (primary N) is 1. The highest BCUT2D eigenvalue weighted by Gasteiger charge is 2.38. The van der Waals surface area contributed by atoms with Crippen molar-refractivity contribution in [2.45, 2.75) is 25.5 Å². The fourth-order valence-electron chi connectivity index (χ4n) is 2.23. The summed E-state index contributed by atoms with van der Waals surface area (Å²) in [6, 6.07) is 8.20. The number of aryl methyl sites for hydroxylation is 1. The zero-order valence-corrected chi connectivity index (χ0v) is 10.2. The van der Waals surface area contributed by atoms with Crippen LogP contribution in [0.5, 0.6) is 0 Å². The van der Waals surface area contributed by atoms with Crippen molar-refractivity contribution in [3.8, 4) is 0 Å². The summed E-state index contributed by atoms with van der Waals surface area (Å²) in [7, 11) is 1.73. The van der Waals surface area contributed by atoms with Gasteiger partial charge in [0, 0.05) is 20.0 Å². The molecule has 1 aromatic rings. The molecule has 1 heterocycles. The van der Waals surface area contributed by atoms with Gasteiger partial charge in [-0.2, -0.15) is 0 Å². The molecule has 1 fully saturated rings. The Balaban J connectivity index is 2.11. The summed E-state index contributed by atoms with van der Waals surface area (Å²) in [5.41, 5.74) is 8.08. The van der Waals surface area contributed by atoms with E-state index in [1.54, 1.807) is 11.9 Å². The smallest absolute Gasteiger partial charge is 0.410 e. The second-order valence-corrected chi connectivity index (χ2v) is 4.53. The van der Waals surface area contributed by atoms with E-state index < -0.39 is 0 Å². The number of amides is 1. The van der Waals surface area contributed by atoms with Gasteiger partial charge in [-0.25, -0.2) is 4.79 Å². The number of carbonyl (C=O) groups excluding carboxylic acids is 1. The number of hydrogen-bond donors (Lipinski definition) is 1. The molecule has 2 unspecified atom stereocenters. The van der Waals surface area contributed by atoms with E-state index in [-0.39, 0.29) is 18.2 Å². The molecule has 4 nitrogen and oxygen atoms in total. The fourth-order valence-corrected chi connectivity index (χ4v) is 2.23. The van der Waals surface area contributed by atoms with Gasteiger partial charge in [-0.3, -0.25) is 0 Å². The Hall–Kier alpha value is -1.55. The monoisotopic (exact) mass is 234 g/mol. The minimum atomic E-state index is -0.280. The lowest BCUT2D eigenvalue weighted by Crippen LogP contribution is -2.40. The van der Waals surface area contributed by atoms with E-state index in [0.717, 1.165) is 6.42 Å². The first-order valence-corrected chi connectivity index (χ1v) is 5.81. The molecule has 1 saturated heterocycles. The van der Waals surface area contributed by atoms with Crippen molar-refractivity contribution in [3.05, 3.63) is 35.4 Å². The Morgan fingerprint density at radius 3 is 2.88 bits per heavy atom. The summed E-state index contributed by atoms with van der Waals surface area (Å²) in [6.45, 7) is 2.48. The molecule has 1 aromatic carbocycles. The van der Waals surface area contributed by atoms with Gasteiger partial charge in [-0.15, -0.1) is 0 Å². The van der Waals surface area contributed by atoms with Crippen molar-refractivity contribution in [2.75, 3.05) is 13.6 Å². The minimum Gasteiger partial charge on any atom is -0.443 e. The van der Waals surface area contributed by atoms with Crippen molar-refractivity contribution >= 4 is 6.09 Å². The molecule has 0 spiro atoms. The second-order valence-electron chi connectivity index (χ2n) is 4.53. The third kappa shape index (κ3) is 2.42. The SMILES string of the molecule is Cc1cccc(CC2OC(=O)N(C)C2CN)c1. The molecule has 2 N–H and O–H groups in total. The van der Waals surface area contributed by atoms with E-state index in [1.807, 2.05) is 12.1 Å². The standard InChI is InChI=1S/C13H18N2O2/c1-9-4-3-5-10(6-9)7-12-11(8-14)15(2)13(16)17-12/h3-6,11-12H,7-8,14H2,1-2H3. The van der Waals surface area contributed by atoms with E-state index in [2.05, 4.69) is 19.1 Å². The topological polar surface area (TPSA) is 55.6 Å². The molecule has 1 aliphatic rings. The third-order valence-corrected chi connectivity index (χ3v) is 3.23. The first kappa shape index (κ1) is 11.9. The molecule has 1 aliphatic heterocycles. The Labute approximate surface area is 101 Å². The van der Waals surface area contributed by atoms with E-state index in [0.29, 0.717) is 6.54 Å². The van der Waals surface area contributed by atoms with Gasteiger partial charge in [-0.05, 0) is 12.5 Å². The number of ether oxygens (including phenoxy) is 1. The van der Waals surface area contributed by atoms with E-state index >= 15 is 0 Å². The quantitative estimate of drug-likeness (QED) is 0.858. The molecule has 2 atom stereocenters. The van der Waals surface area contributed by atoms with Gasteiger partial charge in [0.05, 0.1) is 6.04 Å². The maximum atomic E-state index is 11.5. The first-order chi connectivity index (χ1) is 8.11. The van der Waals surface area contributed by atoms with Gasteiger partial charge >= 0.3 is 6.09 Å². The Bertz CT molecular complexity index is 420. The summed E-state index contributed by atoms with van der Waals surface area (Å²) in [4.78, 5) is 13.0. The van der Waals surface area contributed by atoms with Gasteiger partial charge in [0.2, 0.25) is 0 Å². The van der Waals surface area contributed by atoms with Crippen LogP contribution in [0, 0.1) is 6.92 Å². The van der Waals surface area contributed by atoms with E-state index in [1.165, 1.54) is 11.1 Å². The van der Waals surface area contributed by atoms with Crippen molar-refractivity contribution in [1.29, 1.82) is 0 Å². The van der Waals surface area contributed by atoms with Crippen molar-refractivity contribution in [3.63, 3.8) is 0 Å².